The van der Waals surface area contributed by atoms with Crippen LogP contribution in [0.1, 0.15) is 38.7 Å². The molecule has 2 saturated heterocycles. The molecule has 0 aliphatic carbocycles. The number of carbonyl (C=O) groups excluding carboxylic acids is 1. The fourth-order valence-electron chi connectivity index (χ4n) is 4.42. The van der Waals surface area contributed by atoms with Gasteiger partial charge in [0.05, 0.1) is 24.0 Å². The van der Waals surface area contributed by atoms with Crippen molar-refractivity contribution in [2.45, 2.75) is 62.9 Å². The largest absolute Gasteiger partial charge is 0.337 e. The Labute approximate surface area is 171 Å². The van der Waals surface area contributed by atoms with Crippen LogP contribution in [0.25, 0.3) is 0 Å². The van der Waals surface area contributed by atoms with E-state index in [0.717, 1.165) is 29.3 Å². The number of thioether (sulfide) groups is 1. The van der Waals surface area contributed by atoms with Gasteiger partial charge in [-0.15, -0.1) is 0 Å². The van der Waals surface area contributed by atoms with E-state index in [1.165, 1.54) is 18.2 Å². The van der Waals surface area contributed by atoms with E-state index in [1.54, 1.807) is 0 Å². The van der Waals surface area contributed by atoms with Crippen LogP contribution in [-0.2, 0) is 21.1 Å². The van der Waals surface area contributed by atoms with Crippen molar-refractivity contribution in [2.75, 3.05) is 16.8 Å². The number of aliphatic imine (C=N–C) groups is 1. The maximum atomic E-state index is 12.8. The van der Waals surface area contributed by atoms with Gasteiger partial charge in [0.2, 0.25) is 5.91 Å². The summed E-state index contributed by atoms with van der Waals surface area (Å²) in [4.78, 5) is 19.3. The number of nitrogens with zero attached hydrogens (tertiary/aromatic N) is 2. The van der Waals surface area contributed by atoms with Crippen molar-refractivity contribution in [2.24, 2.45) is 4.99 Å². The molecule has 1 amide bonds. The van der Waals surface area contributed by atoms with Gasteiger partial charge < -0.3 is 10.2 Å². The molecule has 1 aromatic carbocycles. The molecule has 28 heavy (non-hydrogen) atoms. The zero-order valence-electron chi connectivity index (χ0n) is 16.3. The van der Waals surface area contributed by atoms with Crippen molar-refractivity contribution >= 4 is 38.4 Å². The number of fused-ring (bicyclic) bond motifs is 1. The molecular formula is C20H27N3O3S2. The van der Waals surface area contributed by atoms with Gasteiger partial charge in [0.25, 0.3) is 0 Å². The molecule has 4 rings (SSSR count). The number of hydrogen-bond acceptors (Lipinski definition) is 6. The first-order chi connectivity index (χ1) is 13.3. The summed E-state index contributed by atoms with van der Waals surface area (Å²) in [6, 6.07) is 8.38. The summed E-state index contributed by atoms with van der Waals surface area (Å²) in [6.45, 7) is 4.28. The third-order valence-corrected chi connectivity index (χ3v) is 9.00. The molecule has 4 atom stereocenters. The average molecular weight is 422 g/mol. The third kappa shape index (κ3) is 4.22. The lowest BCUT2D eigenvalue weighted by atomic mass is 9.96. The second-order valence-corrected chi connectivity index (χ2v) is 11.5. The van der Waals surface area contributed by atoms with E-state index < -0.39 is 9.84 Å². The molecule has 0 spiro atoms. The molecule has 0 unspecified atom stereocenters. The molecule has 3 aliphatic rings. The van der Waals surface area contributed by atoms with Gasteiger partial charge >= 0.3 is 0 Å². The highest BCUT2D eigenvalue weighted by Gasteiger charge is 2.42. The van der Waals surface area contributed by atoms with Crippen LogP contribution in [-0.4, -0.2) is 59.3 Å². The number of benzene rings is 1. The highest BCUT2D eigenvalue weighted by molar-refractivity contribution is 8.15. The van der Waals surface area contributed by atoms with Gasteiger partial charge in [-0.1, -0.05) is 23.9 Å². The van der Waals surface area contributed by atoms with E-state index in [4.69, 9.17) is 0 Å². The van der Waals surface area contributed by atoms with Gasteiger partial charge in [0, 0.05) is 23.0 Å². The van der Waals surface area contributed by atoms with E-state index in [2.05, 4.69) is 24.2 Å². The molecule has 0 aromatic heterocycles. The highest BCUT2D eigenvalue weighted by Crippen LogP contribution is 2.34. The van der Waals surface area contributed by atoms with Crippen molar-refractivity contribution in [3.05, 3.63) is 29.8 Å². The number of carbonyl (C=O) groups is 1. The molecule has 2 fully saturated rings. The Balaban J connectivity index is 1.35. The van der Waals surface area contributed by atoms with Gasteiger partial charge in [0.1, 0.15) is 0 Å². The Bertz CT molecular complexity index is 872. The zero-order chi connectivity index (χ0) is 19.9. The summed E-state index contributed by atoms with van der Waals surface area (Å²) < 4.78 is 23.3. The predicted octanol–water partition coefficient (Wildman–Crippen LogP) is 2.70. The summed E-state index contributed by atoms with van der Waals surface area (Å²) in [7, 11) is -2.93. The Hall–Kier alpha value is -1.54. The first kappa shape index (κ1) is 19.8. The molecule has 0 saturated carbocycles. The van der Waals surface area contributed by atoms with E-state index in [-0.39, 0.29) is 28.7 Å². The zero-order valence-corrected chi connectivity index (χ0v) is 17.9. The number of amides is 1. The van der Waals surface area contributed by atoms with Gasteiger partial charge in [-0.05, 0) is 50.8 Å². The van der Waals surface area contributed by atoms with E-state index >= 15 is 0 Å². The molecule has 6 nitrogen and oxygen atoms in total. The summed E-state index contributed by atoms with van der Waals surface area (Å²) in [6.07, 6.45) is 3.79. The van der Waals surface area contributed by atoms with Crippen LogP contribution in [0.4, 0.5) is 5.69 Å². The van der Waals surface area contributed by atoms with E-state index in [1.807, 2.05) is 29.2 Å². The van der Waals surface area contributed by atoms with Crippen molar-refractivity contribution in [3.8, 4) is 0 Å². The SMILES string of the molecule is C[C@@H]1CCC[C@@H](C)N1C(=O)Cc1ccc(NC2=N[C@@H]3CS(=O)(=O)C[C@@H]3S2)cc1. The Morgan fingerprint density at radius 2 is 1.86 bits per heavy atom. The Kier molecular flexibility index (Phi) is 5.44. The van der Waals surface area contributed by atoms with Crippen molar-refractivity contribution in [1.82, 2.24) is 4.90 Å². The van der Waals surface area contributed by atoms with Crippen LogP contribution in [0.2, 0.25) is 0 Å². The average Bonchev–Trinajstić information content (AvgIpc) is 3.09. The minimum Gasteiger partial charge on any atom is -0.337 e. The molecule has 1 N–H and O–H groups in total. The summed E-state index contributed by atoms with van der Waals surface area (Å²) in [5.41, 5.74) is 1.91. The van der Waals surface area contributed by atoms with Gasteiger partial charge in [-0.3, -0.25) is 9.79 Å². The lowest BCUT2D eigenvalue weighted by molar-refractivity contribution is -0.136. The molecule has 3 heterocycles. The number of anilines is 1. The quantitative estimate of drug-likeness (QED) is 0.812. The number of sulfone groups is 1. The van der Waals surface area contributed by atoms with E-state index in [0.29, 0.717) is 18.5 Å². The van der Waals surface area contributed by atoms with Gasteiger partial charge in [0.15, 0.2) is 15.0 Å². The maximum absolute atomic E-state index is 12.8. The summed E-state index contributed by atoms with van der Waals surface area (Å²) in [5.74, 6) is 0.570. The first-order valence-corrected chi connectivity index (χ1v) is 12.6. The first-order valence-electron chi connectivity index (χ1n) is 9.93. The van der Waals surface area contributed by atoms with Gasteiger partial charge in [-0.2, -0.15) is 0 Å². The smallest absolute Gasteiger partial charge is 0.227 e. The molecule has 0 bridgehead atoms. The van der Waals surface area contributed by atoms with Crippen LogP contribution in [0.15, 0.2) is 29.3 Å². The maximum Gasteiger partial charge on any atom is 0.227 e. The number of amidine groups is 1. The number of likely N-dealkylation sites (tertiary alicyclic amines) is 1. The highest BCUT2D eigenvalue weighted by atomic mass is 32.2. The summed E-state index contributed by atoms with van der Waals surface area (Å²) >= 11 is 1.51. The lowest BCUT2D eigenvalue weighted by Crippen LogP contribution is -2.48. The second kappa shape index (κ2) is 7.71. The number of hydrogen-bond donors (Lipinski definition) is 1. The van der Waals surface area contributed by atoms with Crippen LogP contribution in [0, 0.1) is 0 Å². The van der Waals surface area contributed by atoms with Crippen LogP contribution in [0.3, 0.4) is 0 Å². The third-order valence-electron chi connectivity index (χ3n) is 5.86. The second-order valence-electron chi connectivity index (χ2n) is 8.16. The predicted molar refractivity (Wildman–Crippen MR) is 115 cm³/mol. The van der Waals surface area contributed by atoms with Crippen LogP contribution < -0.4 is 5.32 Å². The monoisotopic (exact) mass is 421 g/mol. The lowest BCUT2D eigenvalue weighted by Gasteiger charge is -2.39. The molecule has 3 aliphatic heterocycles. The summed E-state index contributed by atoms with van der Waals surface area (Å²) in [5, 5.41) is 4.10. The Morgan fingerprint density at radius 1 is 1.18 bits per heavy atom. The van der Waals surface area contributed by atoms with Crippen molar-refractivity contribution in [3.63, 3.8) is 0 Å². The molecule has 152 valence electrons. The standard InChI is InChI=1S/C20H27N3O3S2/c1-13-4-3-5-14(2)23(13)19(24)10-15-6-8-16(9-7-15)21-20-22-17-11-28(25,26)12-18(17)27-20/h6-9,13-14,17-18H,3-5,10-12H2,1-2H3,(H,21,22)/t13-,14-,17-,18+/m1/s1. The normalized spacial score (nSPS) is 31.4. The topological polar surface area (TPSA) is 78.8 Å². The minimum atomic E-state index is -2.93. The molecule has 1 aromatic rings. The van der Waals surface area contributed by atoms with Gasteiger partial charge in [-0.25, -0.2) is 8.42 Å². The van der Waals surface area contributed by atoms with Crippen LogP contribution >= 0.6 is 11.8 Å². The Morgan fingerprint density at radius 3 is 2.50 bits per heavy atom. The fraction of sp³-hybridized carbons (Fsp3) is 0.600. The molecular weight excluding hydrogens is 394 g/mol. The number of rotatable bonds is 3. The van der Waals surface area contributed by atoms with E-state index in [9.17, 15) is 13.2 Å². The minimum absolute atomic E-state index is 0.0397. The number of piperidine rings is 1. The van der Waals surface area contributed by atoms with Crippen molar-refractivity contribution in [1.29, 1.82) is 0 Å². The van der Waals surface area contributed by atoms with Crippen LogP contribution in [0.5, 0.6) is 0 Å². The molecule has 0 radical (unpaired) electrons. The molecule has 8 heteroatoms. The number of nitrogens with one attached hydrogen (secondary N) is 1. The fourth-order valence-corrected chi connectivity index (χ4v) is 8.10. The van der Waals surface area contributed by atoms with Crippen molar-refractivity contribution < 1.29 is 13.2 Å².